The van der Waals surface area contributed by atoms with Crippen molar-refractivity contribution in [3.8, 4) is 11.3 Å². The number of benzene rings is 2. The van der Waals surface area contributed by atoms with Crippen molar-refractivity contribution in [1.29, 1.82) is 0 Å². The largest absolute Gasteiger partial charge is 0.306 e. The van der Waals surface area contributed by atoms with Gasteiger partial charge in [-0.15, -0.1) is 0 Å². The molecule has 1 amide bonds. The molecule has 0 spiro atoms. The molecule has 0 saturated carbocycles. The molecule has 0 bridgehead atoms. The van der Waals surface area contributed by atoms with Gasteiger partial charge in [-0.2, -0.15) is 4.31 Å². The standard InChI is InChI=1S/C24H21ClN4O3S/c25-19-12-11-18(16-20(19)33(31,32)28-13-6-7-14-28)24(30)27-23-22(17-8-2-1-3-9-17)26-21-10-4-5-15-29(21)23/h1-5,8-12,15-16H,6-7,13-14H2,(H,27,30). The van der Waals surface area contributed by atoms with Gasteiger partial charge in [0.25, 0.3) is 5.91 Å². The van der Waals surface area contributed by atoms with Crippen molar-refractivity contribution in [2.45, 2.75) is 17.7 Å². The molecule has 4 aromatic rings. The molecule has 0 atom stereocenters. The Morgan fingerprint density at radius 3 is 2.45 bits per heavy atom. The fourth-order valence-corrected chi connectivity index (χ4v) is 6.02. The lowest BCUT2D eigenvalue weighted by atomic mass is 10.1. The fraction of sp³-hybridized carbons (Fsp3) is 0.167. The van der Waals surface area contributed by atoms with Crippen LogP contribution >= 0.6 is 11.6 Å². The molecule has 7 nitrogen and oxygen atoms in total. The zero-order chi connectivity index (χ0) is 23.0. The molecule has 1 fully saturated rings. The van der Waals surface area contributed by atoms with Crippen LogP contribution in [0.3, 0.4) is 0 Å². The summed E-state index contributed by atoms with van der Waals surface area (Å²) in [6.07, 6.45) is 3.44. The molecule has 9 heteroatoms. The highest BCUT2D eigenvalue weighted by Gasteiger charge is 2.30. The summed E-state index contributed by atoms with van der Waals surface area (Å²) in [5.41, 5.74) is 2.35. The number of pyridine rings is 1. The Hall–Kier alpha value is -3.20. The summed E-state index contributed by atoms with van der Waals surface area (Å²) < 4.78 is 29.3. The first-order chi connectivity index (χ1) is 15.9. The van der Waals surface area contributed by atoms with Crippen LogP contribution in [0.4, 0.5) is 5.82 Å². The number of nitrogens with zero attached hydrogens (tertiary/aromatic N) is 3. The van der Waals surface area contributed by atoms with Gasteiger partial charge >= 0.3 is 0 Å². The van der Waals surface area contributed by atoms with Gasteiger partial charge in [0, 0.05) is 30.4 Å². The number of amides is 1. The summed E-state index contributed by atoms with van der Waals surface area (Å²) in [5, 5.41) is 3.02. The number of sulfonamides is 1. The van der Waals surface area contributed by atoms with E-state index in [9.17, 15) is 13.2 Å². The number of fused-ring (bicyclic) bond motifs is 1. The number of anilines is 1. The van der Waals surface area contributed by atoms with Gasteiger partial charge in [-0.25, -0.2) is 13.4 Å². The van der Waals surface area contributed by atoms with Crippen LogP contribution in [0.25, 0.3) is 16.9 Å². The predicted octanol–water partition coefficient (Wildman–Crippen LogP) is 4.69. The third kappa shape index (κ3) is 4.01. The minimum Gasteiger partial charge on any atom is -0.306 e. The average molecular weight is 481 g/mol. The molecule has 0 unspecified atom stereocenters. The van der Waals surface area contributed by atoms with Crippen molar-refractivity contribution >= 4 is 39.0 Å². The molecule has 1 aliphatic rings. The first-order valence-corrected chi connectivity index (χ1v) is 12.4. The maximum Gasteiger partial charge on any atom is 0.256 e. The molecule has 168 valence electrons. The molecule has 33 heavy (non-hydrogen) atoms. The molecule has 3 heterocycles. The van der Waals surface area contributed by atoms with E-state index in [-0.39, 0.29) is 15.5 Å². The van der Waals surface area contributed by atoms with Gasteiger partial charge in [0.2, 0.25) is 10.0 Å². The van der Waals surface area contributed by atoms with Crippen LogP contribution in [0.1, 0.15) is 23.2 Å². The van der Waals surface area contributed by atoms with Crippen LogP contribution in [0, 0.1) is 0 Å². The number of carbonyl (C=O) groups is 1. The quantitative estimate of drug-likeness (QED) is 0.449. The number of aromatic nitrogens is 2. The Morgan fingerprint density at radius 1 is 0.970 bits per heavy atom. The number of halogens is 1. The number of imidazole rings is 1. The Morgan fingerprint density at radius 2 is 1.70 bits per heavy atom. The molecule has 2 aromatic carbocycles. The maximum absolute atomic E-state index is 13.2. The molecule has 0 radical (unpaired) electrons. The highest BCUT2D eigenvalue weighted by molar-refractivity contribution is 7.89. The molecular weight excluding hydrogens is 460 g/mol. The SMILES string of the molecule is O=C(Nc1c(-c2ccccc2)nc2ccccn12)c1ccc(Cl)c(S(=O)(=O)N2CCCC2)c1. The highest BCUT2D eigenvalue weighted by atomic mass is 35.5. The second-order valence-electron chi connectivity index (χ2n) is 7.81. The number of nitrogens with one attached hydrogen (secondary N) is 1. The number of hydrogen-bond donors (Lipinski definition) is 1. The van der Waals surface area contributed by atoms with Crippen molar-refractivity contribution in [3.63, 3.8) is 0 Å². The van der Waals surface area contributed by atoms with Crippen molar-refractivity contribution in [1.82, 2.24) is 13.7 Å². The van der Waals surface area contributed by atoms with E-state index in [0.717, 1.165) is 18.4 Å². The lowest BCUT2D eigenvalue weighted by molar-refractivity contribution is 0.102. The molecule has 1 saturated heterocycles. The van der Waals surface area contributed by atoms with Crippen molar-refractivity contribution < 1.29 is 13.2 Å². The van der Waals surface area contributed by atoms with E-state index >= 15 is 0 Å². The molecule has 2 aromatic heterocycles. The van der Waals surface area contributed by atoms with E-state index in [1.807, 2.05) is 54.7 Å². The Kier molecular flexibility index (Phi) is 5.65. The highest BCUT2D eigenvalue weighted by Crippen LogP contribution is 2.31. The summed E-state index contributed by atoms with van der Waals surface area (Å²) in [5.74, 6) is 0.0491. The zero-order valence-electron chi connectivity index (χ0n) is 17.6. The van der Waals surface area contributed by atoms with Crippen LogP contribution in [-0.2, 0) is 10.0 Å². The van der Waals surface area contributed by atoms with E-state index in [2.05, 4.69) is 10.3 Å². The van der Waals surface area contributed by atoms with E-state index in [0.29, 0.717) is 30.2 Å². The van der Waals surface area contributed by atoms with E-state index in [1.54, 1.807) is 4.40 Å². The minimum atomic E-state index is -3.77. The summed E-state index contributed by atoms with van der Waals surface area (Å²) in [4.78, 5) is 17.9. The van der Waals surface area contributed by atoms with Crippen LogP contribution in [0.5, 0.6) is 0 Å². The summed E-state index contributed by atoms with van der Waals surface area (Å²) in [6.45, 7) is 0.911. The van der Waals surface area contributed by atoms with Crippen LogP contribution in [0.15, 0.2) is 77.8 Å². The zero-order valence-corrected chi connectivity index (χ0v) is 19.2. The Balaban J connectivity index is 1.54. The van der Waals surface area contributed by atoms with E-state index in [1.165, 1.54) is 22.5 Å². The van der Waals surface area contributed by atoms with Crippen LogP contribution < -0.4 is 5.32 Å². The third-order valence-electron chi connectivity index (χ3n) is 5.69. The van der Waals surface area contributed by atoms with E-state index < -0.39 is 15.9 Å². The molecule has 1 N–H and O–H groups in total. The van der Waals surface area contributed by atoms with Gasteiger partial charge in [-0.05, 0) is 43.2 Å². The summed E-state index contributed by atoms with van der Waals surface area (Å²) >= 11 is 6.24. The Bertz CT molecular complexity index is 1450. The number of rotatable bonds is 5. The van der Waals surface area contributed by atoms with Crippen molar-refractivity contribution in [3.05, 3.63) is 83.5 Å². The molecular formula is C24H21ClN4O3S. The molecule has 1 aliphatic heterocycles. The van der Waals surface area contributed by atoms with Crippen LogP contribution in [0.2, 0.25) is 5.02 Å². The monoisotopic (exact) mass is 480 g/mol. The second-order valence-corrected chi connectivity index (χ2v) is 10.1. The van der Waals surface area contributed by atoms with Crippen molar-refractivity contribution in [2.24, 2.45) is 0 Å². The van der Waals surface area contributed by atoms with Gasteiger partial charge < -0.3 is 5.32 Å². The smallest absolute Gasteiger partial charge is 0.256 e. The van der Waals surface area contributed by atoms with Gasteiger partial charge in [0.05, 0.1) is 5.02 Å². The number of hydrogen-bond acceptors (Lipinski definition) is 4. The lowest BCUT2D eigenvalue weighted by Crippen LogP contribution is -2.28. The van der Waals surface area contributed by atoms with Gasteiger partial charge in [-0.3, -0.25) is 9.20 Å². The average Bonchev–Trinajstić information content (AvgIpc) is 3.49. The lowest BCUT2D eigenvalue weighted by Gasteiger charge is -2.17. The summed E-state index contributed by atoms with van der Waals surface area (Å²) in [7, 11) is -3.77. The fourth-order valence-electron chi connectivity index (χ4n) is 4.00. The Labute approximate surface area is 196 Å². The first kappa shape index (κ1) is 21.6. The van der Waals surface area contributed by atoms with Crippen molar-refractivity contribution in [2.75, 3.05) is 18.4 Å². The minimum absolute atomic E-state index is 0.0554. The third-order valence-corrected chi connectivity index (χ3v) is 8.07. The second kappa shape index (κ2) is 8.62. The predicted molar refractivity (Wildman–Crippen MR) is 128 cm³/mol. The first-order valence-electron chi connectivity index (χ1n) is 10.6. The molecule has 0 aliphatic carbocycles. The normalized spacial score (nSPS) is 14.6. The summed E-state index contributed by atoms with van der Waals surface area (Å²) in [6, 6.07) is 19.4. The number of carbonyl (C=O) groups excluding carboxylic acids is 1. The maximum atomic E-state index is 13.2. The van der Waals surface area contributed by atoms with Gasteiger partial charge in [0.15, 0.2) is 0 Å². The van der Waals surface area contributed by atoms with Gasteiger partial charge in [0.1, 0.15) is 22.1 Å². The topological polar surface area (TPSA) is 83.8 Å². The van der Waals surface area contributed by atoms with Crippen LogP contribution in [-0.4, -0.2) is 41.1 Å². The van der Waals surface area contributed by atoms with Gasteiger partial charge in [-0.1, -0.05) is 48.0 Å². The van der Waals surface area contributed by atoms with E-state index in [4.69, 9.17) is 11.6 Å². The molecule has 5 rings (SSSR count).